The number of benzene rings is 1. The molecule has 0 fully saturated rings. The summed E-state index contributed by atoms with van der Waals surface area (Å²) < 4.78 is 0. The lowest BCUT2D eigenvalue weighted by atomic mass is 9.93. The van der Waals surface area contributed by atoms with Crippen molar-refractivity contribution in [3.8, 4) is 0 Å². The molecule has 96 valence electrons. The summed E-state index contributed by atoms with van der Waals surface area (Å²) in [6.07, 6.45) is 3.54. The molecule has 0 atom stereocenters. The Balaban J connectivity index is 2.42. The van der Waals surface area contributed by atoms with Gasteiger partial charge >= 0.3 is 0 Å². The summed E-state index contributed by atoms with van der Waals surface area (Å²) in [5, 5.41) is 4.55. The molecule has 3 N–H and O–H groups in total. The zero-order valence-electron chi connectivity index (χ0n) is 11.0. The lowest BCUT2D eigenvalue weighted by Gasteiger charge is -2.32. The van der Waals surface area contributed by atoms with E-state index in [0.29, 0.717) is 6.54 Å². The first-order valence-electron chi connectivity index (χ1n) is 6.42. The molecule has 0 radical (unpaired) electrons. The summed E-state index contributed by atoms with van der Waals surface area (Å²) >= 11 is 0. The molecule has 0 unspecified atom stereocenters. The predicted molar refractivity (Wildman–Crippen MR) is 75.5 cm³/mol. The van der Waals surface area contributed by atoms with Gasteiger partial charge in [-0.25, -0.2) is 9.97 Å². The number of para-hydroxylation sites is 1. The second-order valence-electron chi connectivity index (χ2n) is 4.56. The highest BCUT2D eigenvalue weighted by molar-refractivity contribution is 5.88. The number of fused-ring (bicyclic) bond motifs is 1. The molecular formula is C14H20N4. The summed E-state index contributed by atoms with van der Waals surface area (Å²) in [7, 11) is 0. The van der Waals surface area contributed by atoms with E-state index in [0.717, 1.165) is 29.6 Å². The molecule has 1 aromatic heterocycles. The summed E-state index contributed by atoms with van der Waals surface area (Å²) in [6, 6.07) is 8.00. The molecule has 2 rings (SSSR count). The Bertz CT molecular complexity index is 506. The minimum Gasteiger partial charge on any atom is -0.363 e. The average Bonchev–Trinajstić information content (AvgIpc) is 2.45. The standard InChI is InChI=1S/C14H20N4/c1-3-14(4-2,9-15)18-13-11-7-5-6-8-12(11)16-10-17-13/h5-8,10H,3-4,9,15H2,1-2H3,(H,16,17,18). The SMILES string of the molecule is CCC(CC)(CN)Nc1ncnc2ccccc12. The van der Waals surface area contributed by atoms with Crippen LogP contribution in [0.2, 0.25) is 0 Å². The van der Waals surface area contributed by atoms with E-state index in [2.05, 4.69) is 29.1 Å². The highest BCUT2D eigenvalue weighted by Gasteiger charge is 2.25. The van der Waals surface area contributed by atoms with Crippen molar-refractivity contribution in [1.82, 2.24) is 9.97 Å². The molecule has 0 aliphatic heterocycles. The fourth-order valence-electron chi connectivity index (χ4n) is 2.12. The Morgan fingerprint density at radius 1 is 1.17 bits per heavy atom. The number of nitrogens with zero attached hydrogens (tertiary/aromatic N) is 2. The van der Waals surface area contributed by atoms with Gasteiger partial charge in [0, 0.05) is 11.9 Å². The van der Waals surface area contributed by atoms with Crippen molar-refractivity contribution in [2.45, 2.75) is 32.2 Å². The van der Waals surface area contributed by atoms with Gasteiger partial charge in [0.25, 0.3) is 0 Å². The molecule has 0 saturated carbocycles. The Hall–Kier alpha value is -1.68. The summed E-state index contributed by atoms with van der Waals surface area (Å²) in [5.74, 6) is 0.870. The molecule has 0 amide bonds. The van der Waals surface area contributed by atoms with Gasteiger partial charge in [-0.15, -0.1) is 0 Å². The molecular weight excluding hydrogens is 224 g/mol. The van der Waals surface area contributed by atoms with Crippen molar-refractivity contribution < 1.29 is 0 Å². The molecule has 0 bridgehead atoms. The molecule has 2 aromatic rings. The first-order chi connectivity index (χ1) is 8.74. The Morgan fingerprint density at radius 2 is 1.89 bits per heavy atom. The van der Waals surface area contributed by atoms with Gasteiger partial charge in [-0.05, 0) is 25.0 Å². The van der Waals surface area contributed by atoms with Crippen molar-refractivity contribution in [2.24, 2.45) is 5.73 Å². The lowest BCUT2D eigenvalue weighted by molar-refractivity contribution is 0.444. The fourth-order valence-corrected chi connectivity index (χ4v) is 2.12. The van der Waals surface area contributed by atoms with Crippen LogP contribution in [0, 0.1) is 0 Å². The lowest BCUT2D eigenvalue weighted by Crippen LogP contribution is -2.44. The molecule has 4 heteroatoms. The fraction of sp³-hybridized carbons (Fsp3) is 0.429. The molecule has 0 aliphatic rings. The third kappa shape index (κ3) is 2.29. The number of nitrogens with one attached hydrogen (secondary N) is 1. The quantitative estimate of drug-likeness (QED) is 0.848. The van der Waals surface area contributed by atoms with Gasteiger partial charge in [0.05, 0.1) is 11.1 Å². The van der Waals surface area contributed by atoms with Crippen LogP contribution in [0.15, 0.2) is 30.6 Å². The summed E-state index contributed by atoms with van der Waals surface area (Å²) in [6.45, 7) is 4.89. The number of aromatic nitrogens is 2. The Kier molecular flexibility index (Phi) is 3.77. The predicted octanol–water partition coefficient (Wildman–Crippen LogP) is 2.56. The van der Waals surface area contributed by atoms with Crippen LogP contribution in [0.5, 0.6) is 0 Å². The van der Waals surface area contributed by atoms with Crippen LogP contribution >= 0.6 is 0 Å². The number of anilines is 1. The number of hydrogen-bond donors (Lipinski definition) is 2. The zero-order valence-corrected chi connectivity index (χ0v) is 11.0. The number of rotatable bonds is 5. The molecule has 0 spiro atoms. The second kappa shape index (κ2) is 5.31. The third-order valence-corrected chi connectivity index (χ3v) is 3.67. The van der Waals surface area contributed by atoms with Crippen LogP contribution in [-0.2, 0) is 0 Å². The molecule has 1 aromatic carbocycles. The van der Waals surface area contributed by atoms with Crippen LogP contribution in [0.3, 0.4) is 0 Å². The van der Waals surface area contributed by atoms with Gasteiger partial charge in [0.2, 0.25) is 0 Å². The van der Waals surface area contributed by atoms with E-state index in [1.165, 1.54) is 0 Å². The van der Waals surface area contributed by atoms with Gasteiger partial charge in [-0.2, -0.15) is 0 Å². The van der Waals surface area contributed by atoms with Gasteiger partial charge in [-0.3, -0.25) is 0 Å². The maximum absolute atomic E-state index is 5.91. The average molecular weight is 244 g/mol. The highest BCUT2D eigenvalue weighted by atomic mass is 15.1. The molecule has 1 heterocycles. The Morgan fingerprint density at radius 3 is 2.56 bits per heavy atom. The smallest absolute Gasteiger partial charge is 0.137 e. The largest absolute Gasteiger partial charge is 0.363 e. The summed E-state index contributed by atoms with van der Waals surface area (Å²) in [4.78, 5) is 8.62. The highest BCUT2D eigenvalue weighted by Crippen LogP contribution is 2.25. The van der Waals surface area contributed by atoms with E-state index in [9.17, 15) is 0 Å². The van der Waals surface area contributed by atoms with Crippen molar-refractivity contribution in [3.05, 3.63) is 30.6 Å². The van der Waals surface area contributed by atoms with Crippen molar-refractivity contribution in [3.63, 3.8) is 0 Å². The zero-order chi connectivity index (χ0) is 13.0. The van der Waals surface area contributed by atoms with E-state index < -0.39 is 0 Å². The normalized spacial score (nSPS) is 11.7. The van der Waals surface area contributed by atoms with E-state index in [1.54, 1.807) is 6.33 Å². The van der Waals surface area contributed by atoms with E-state index in [4.69, 9.17) is 5.73 Å². The van der Waals surface area contributed by atoms with E-state index in [1.807, 2.05) is 24.3 Å². The number of hydrogen-bond acceptors (Lipinski definition) is 4. The first-order valence-corrected chi connectivity index (χ1v) is 6.42. The molecule has 0 aliphatic carbocycles. The van der Waals surface area contributed by atoms with E-state index >= 15 is 0 Å². The van der Waals surface area contributed by atoms with Gasteiger partial charge < -0.3 is 11.1 Å². The van der Waals surface area contributed by atoms with Gasteiger partial charge in [0.1, 0.15) is 12.1 Å². The molecule has 18 heavy (non-hydrogen) atoms. The summed E-state index contributed by atoms with van der Waals surface area (Å²) in [5.41, 5.74) is 6.78. The second-order valence-corrected chi connectivity index (χ2v) is 4.56. The monoisotopic (exact) mass is 244 g/mol. The van der Waals surface area contributed by atoms with Crippen LogP contribution in [0.4, 0.5) is 5.82 Å². The van der Waals surface area contributed by atoms with Crippen molar-refractivity contribution >= 4 is 16.7 Å². The van der Waals surface area contributed by atoms with Crippen LogP contribution in [0.25, 0.3) is 10.9 Å². The first kappa shape index (κ1) is 12.8. The maximum atomic E-state index is 5.91. The van der Waals surface area contributed by atoms with E-state index in [-0.39, 0.29) is 5.54 Å². The Labute approximate surface area is 108 Å². The minimum atomic E-state index is -0.0862. The van der Waals surface area contributed by atoms with Crippen molar-refractivity contribution in [2.75, 3.05) is 11.9 Å². The maximum Gasteiger partial charge on any atom is 0.137 e. The topological polar surface area (TPSA) is 63.8 Å². The van der Waals surface area contributed by atoms with Gasteiger partial charge in [-0.1, -0.05) is 26.0 Å². The van der Waals surface area contributed by atoms with Crippen LogP contribution < -0.4 is 11.1 Å². The number of nitrogens with two attached hydrogens (primary N) is 1. The van der Waals surface area contributed by atoms with Gasteiger partial charge in [0.15, 0.2) is 0 Å². The van der Waals surface area contributed by atoms with Crippen molar-refractivity contribution in [1.29, 1.82) is 0 Å². The van der Waals surface area contributed by atoms with Crippen LogP contribution in [0.1, 0.15) is 26.7 Å². The third-order valence-electron chi connectivity index (χ3n) is 3.67. The van der Waals surface area contributed by atoms with Crippen LogP contribution in [-0.4, -0.2) is 22.1 Å². The molecule has 0 saturated heterocycles. The minimum absolute atomic E-state index is 0.0862. The molecule has 4 nitrogen and oxygen atoms in total.